The summed E-state index contributed by atoms with van der Waals surface area (Å²) in [5, 5.41) is 0. The van der Waals surface area contributed by atoms with Crippen LogP contribution in [0.25, 0.3) is 11.2 Å². The normalized spacial score (nSPS) is 13.7. The number of aryl methyl sites for hydroxylation is 1. The number of imidazole rings is 1. The number of anilines is 1. The molecule has 1 aliphatic rings. The molecule has 3 heterocycles. The molecule has 0 N–H and O–H groups in total. The van der Waals surface area contributed by atoms with Crippen molar-refractivity contribution in [1.29, 1.82) is 0 Å². The van der Waals surface area contributed by atoms with Crippen LogP contribution < -0.4 is 25.6 Å². The molecule has 2 aromatic carbocycles. The Hall–Kier alpha value is -4.54. The van der Waals surface area contributed by atoms with Crippen molar-refractivity contribution in [3.63, 3.8) is 0 Å². The number of piperazine rings is 1. The van der Waals surface area contributed by atoms with Crippen LogP contribution in [0, 0.1) is 0 Å². The van der Waals surface area contributed by atoms with Crippen molar-refractivity contribution < 1.29 is 14.3 Å². The van der Waals surface area contributed by atoms with Crippen molar-refractivity contribution in [1.82, 2.24) is 23.6 Å². The molecule has 11 nitrogen and oxygen atoms in total. The van der Waals surface area contributed by atoms with E-state index in [9.17, 15) is 14.4 Å². The first-order valence-corrected chi connectivity index (χ1v) is 12.3. The maximum atomic E-state index is 13.3. The van der Waals surface area contributed by atoms with E-state index in [2.05, 4.69) is 4.90 Å². The van der Waals surface area contributed by atoms with Crippen molar-refractivity contribution in [2.24, 2.45) is 14.1 Å². The zero-order chi connectivity index (χ0) is 27.0. The zero-order valence-electron chi connectivity index (χ0n) is 21.9. The van der Waals surface area contributed by atoms with Gasteiger partial charge in [-0.25, -0.2) is 4.79 Å². The number of ether oxygens (including phenoxy) is 2. The van der Waals surface area contributed by atoms with Gasteiger partial charge in [-0.1, -0.05) is 30.3 Å². The number of benzene rings is 2. The first kappa shape index (κ1) is 25.1. The van der Waals surface area contributed by atoms with E-state index < -0.39 is 11.2 Å². The monoisotopic (exact) mass is 518 g/mol. The summed E-state index contributed by atoms with van der Waals surface area (Å²) >= 11 is 0. The van der Waals surface area contributed by atoms with Crippen molar-refractivity contribution in [3.8, 4) is 11.5 Å². The lowest BCUT2D eigenvalue weighted by Crippen LogP contribution is -2.49. The molecule has 2 aromatic heterocycles. The van der Waals surface area contributed by atoms with Crippen LogP contribution >= 0.6 is 0 Å². The molecule has 0 saturated carbocycles. The van der Waals surface area contributed by atoms with E-state index >= 15 is 0 Å². The quantitative estimate of drug-likeness (QED) is 0.381. The standard InChI is InChI=1S/C27H30N6O5/c1-29-23-22(25(35)30(2)27(29)36)33(17-18-8-6-5-7-9-18)26(28-23)32-12-10-31(11-13-32)24(34)19-14-20(37-3)16-21(15-19)38-4/h5-9,14-16H,10-13,17H2,1-4H3. The number of hydrogen-bond donors (Lipinski definition) is 0. The van der Waals surface area contributed by atoms with Gasteiger partial charge in [0.15, 0.2) is 11.2 Å². The molecule has 0 radical (unpaired) electrons. The van der Waals surface area contributed by atoms with Crippen LogP contribution in [-0.4, -0.2) is 69.9 Å². The minimum Gasteiger partial charge on any atom is -0.497 e. The van der Waals surface area contributed by atoms with E-state index in [0.717, 1.165) is 10.1 Å². The van der Waals surface area contributed by atoms with Gasteiger partial charge >= 0.3 is 5.69 Å². The number of fused-ring (bicyclic) bond motifs is 1. The number of nitrogens with zero attached hydrogens (tertiary/aromatic N) is 6. The lowest BCUT2D eigenvalue weighted by atomic mass is 10.1. The molecule has 0 unspecified atom stereocenters. The van der Waals surface area contributed by atoms with Gasteiger partial charge < -0.3 is 19.3 Å². The van der Waals surface area contributed by atoms with Crippen LogP contribution in [0.15, 0.2) is 58.1 Å². The fourth-order valence-electron chi connectivity index (χ4n) is 4.82. The van der Waals surface area contributed by atoms with Crippen molar-refractivity contribution in [2.75, 3.05) is 45.3 Å². The predicted molar refractivity (Wildman–Crippen MR) is 143 cm³/mol. The number of carbonyl (C=O) groups is 1. The van der Waals surface area contributed by atoms with Crippen LogP contribution in [0.2, 0.25) is 0 Å². The van der Waals surface area contributed by atoms with Gasteiger partial charge in [-0.05, 0) is 17.7 Å². The Bertz CT molecular complexity index is 1590. The summed E-state index contributed by atoms with van der Waals surface area (Å²) < 4.78 is 15.0. The van der Waals surface area contributed by atoms with Gasteiger partial charge in [0.2, 0.25) is 5.95 Å². The molecule has 198 valence electrons. The average molecular weight is 519 g/mol. The van der Waals surface area contributed by atoms with E-state index in [0.29, 0.717) is 66.9 Å². The minimum atomic E-state index is -0.428. The van der Waals surface area contributed by atoms with E-state index in [1.54, 1.807) is 44.4 Å². The summed E-state index contributed by atoms with van der Waals surface area (Å²) in [6, 6.07) is 14.9. The molecule has 0 aliphatic carbocycles. The largest absolute Gasteiger partial charge is 0.497 e. The van der Waals surface area contributed by atoms with Gasteiger partial charge in [0.05, 0.1) is 20.8 Å². The molecule has 1 saturated heterocycles. The third-order valence-corrected chi connectivity index (χ3v) is 6.96. The van der Waals surface area contributed by atoms with E-state index in [1.807, 2.05) is 34.9 Å². The first-order valence-electron chi connectivity index (χ1n) is 12.3. The highest BCUT2D eigenvalue weighted by Crippen LogP contribution is 2.26. The molecule has 0 atom stereocenters. The van der Waals surface area contributed by atoms with Crippen LogP contribution in [0.4, 0.5) is 5.95 Å². The molecule has 1 fully saturated rings. The van der Waals surface area contributed by atoms with E-state index in [-0.39, 0.29) is 5.91 Å². The lowest BCUT2D eigenvalue weighted by Gasteiger charge is -2.35. The maximum Gasteiger partial charge on any atom is 0.332 e. The number of aromatic nitrogens is 4. The van der Waals surface area contributed by atoms with Gasteiger partial charge in [-0.3, -0.25) is 23.3 Å². The van der Waals surface area contributed by atoms with Crippen molar-refractivity contribution in [3.05, 3.63) is 80.5 Å². The van der Waals surface area contributed by atoms with Crippen LogP contribution in [0.3, 0.4) is 0 Å². The van der Waals surface area contributed by atoms with Crippen LogP contribution in [0.1, 0.15) is 15.9 Å². The molecule has 0 spiro atoms. The predicted octanol–water partition coefficient (Wildman–Crippen LogP) is 1.46. The third-order valence-electron chi connectivity index (χ3n) is 6.96. The number of rotatable bonds is 6. The molecular formula is C27H30N6O5. The highest BCUT2D eigenvalue weighted by molar-refractivity contribution is 5.95. The van der Waals surface area contributed by atoms with Crippen LogP contribution in [0.5, 0.6) is 11.5 Å². The SMILES string of the molecule is COc1cc(OC)cc(C(=O)N2CCN(c3nc4c(c(=O)n(C)c(=O)n4C)n3Cc3ccccc3)CC2)c1. The highest BCUT2D eigenvalue weighted by Gasteiger charge is 2.28. The topological polar surface area (TPSA) is 104 Å². The summed E-state index contributed by atoms with van der Waals surface area (Å²) in [4.78, 5) is 47.7. The number of amides is 1. The lowest BCUT2D eigenvalue weighted by molar-refractivity contribution is 0.0745. The maximum absolute atomic E-state index is 13.3. The third kappa shape index (κ3) is 4.40. The summed E-state index contributed by atoms with van der Waals surface area (Å²) in [5.41, 5.74) is 1.39. The molecule has 1 aliphatic heterocycles. The molecule has 11 heteroatoms. The molecule has 0 bridgehead atoms. The Labute approximate surface area is 219 Å². The van der Waals surface area contributed by atoms with Gasteiger partial charge in [0, 0.05) is 51.9 Å². The number of carbonyl (C=O) groups excluding carboxylic acids is 1. The second-order valence-electron chi connectivity index (χ2n) is 9.24. The van der Waals surface area contributed by atoms with Gasteiger partial charge in [0.25, 0.3) is 11.5 Å². The van der Waals surface area contributed by atoms with Crippen LogP contribution in [-0.2, 0) is 20.6 Å². The first-order chi connectivity index (χ1) is 18.3. The number of hydrogen-bond acceptors (Lipinski definition) is 7. The van der Waals surface area contributed by atoms with Gasteiger partial charge in [-0.2, -0.15) is 4.98 Å². The van der Waals surface area contributed by atoms with Crippen molar-refractivity contribution >= 4 is 23.0 Å². The summed E-state index contributed by atoms with van der Waals surface area (Å²) in [6.07, 6.45) is 0. The smallest absolute Gasteiger partial charge is 0.332 e. The fourth-order valence-corrected chi connectivity index (χ4v) is 4.82. The second kappa shape index (κ2) is 10.1. The Morgan fingerprint density at radius 2 is 1.53 bits per heavy atom. The van der Waals surface area contributed by atoms with Gasteiger partial charge in [0.1, 0.15) is 11.5 Å². The Balaban J connectivity index is 1.47. The molecular weight excluding hydrogens is 488 g/mol. The Morgan fingerprint density at radius 1 is 0.895 bits per heavy atom. The number of methoxy groups -OCH3 is 2. The molecule has 38 heavy (non-hydrogen) atoms. The van der Waals surface area contributed by atoms with E-state index in [1.165, 1.54) is 11.6 Å². The Kier molecular flexibility index (Phi) is 6.66. The fraction of sp³-hybridized carbons (Fsp3) is 0.333. The summed E-state index contributed by atoms with van der Waals surface area (Å²) in [6.45, 7) is 2.37. The summed E-state index contributed by atoms with van der Waals surface area (Å²) in [5.74, 6) is 1.58. The van der Waals surface area contributed by atoms with Gasteiger partial charge in [-0.15, -0.1) is 0 Å². The zero-order valence-corrected chi connectivity index (χ0v) is 21.9. The highest BCUT2D eigenvalue weighted by atomic mass is 16.5. The minimum absolute atomic E-state index is 0.115. The average Bonchev–Trinajstić information content (AvgIpc) is 3.33. The summed E-state index contributed by atoms with van der Waals surface area (Å²) in [7, 11) is 6.19. The molecule has 1 amide bonds. The van der Waals surface area contributed by atoms with E-state index in [4.69, 9.17) is 14.5 Å². The Morgan fingerprint density at radius 3 is 2.13 bits per heavy atom. The molecule has 5 rings (SSSR count). The second-order valence-corrected chi connectivity index (χ2v) is 9.24. The molecule has 4 aromatic rings. The van der Waals surface area contributed by atoms with Crippen molar-refractivity contribution in [2.45, 2.75) is 6.54 Å².